The Kier molecular flexibility index (Phi) is 10.0. The summed E-state index contributed by atoms with van der Waals surface area (Å²) in [5.74, 6) is -0.649. The van der Waals surface area contributed by atoms with E-state index in [-0.39, 0.29) is 24.4 Å². The molecule has 0 aromatic heterocycles. The van der Waals surface area contributed by atoms with E-state index >= 15 is 0 Å². The minimum Gasteiger partial charge on any atom is -0.352 e. The second-order valence-electron chi connectivity index (χ2n) is 10.2. The van der Waals surface area contributed by atoms with E-state index in [1.54, 1.807) is 37.3 Å². The molecule has 2 aromatic carbocycles. The Bertz CT molecular complexity index is 1200. The monoisotopic (exact) mass is 547 g/mol. The Morgan fingerprint density at radius 2 is 1.70 bits per heavy atom. The fourth-order valence-corrected chi connectivity index (χ4v) is 5.86. The number of amides is 2. The first-order valence-electron chi connectivity index (χ1n) is 12.9. The Morgan fingerprint density at radius 1 is 1.03 bits per heavy atom. The lowest BCUT2D eigenvalue weighted by atomic mass is 9.95. The van der Waals surface area contributed by atoms with Crippen LogP contribution in [0.2, 0.25) is 5.02 Å². The lowest BCUT2D eigenvalue weighted by Crippen LogP contribution is -2.53. The molecule has 3 rings (SSSR count). The van der Waals surface area contributed by atoms with Crippen LogP contribution in [-0.2, 0) is 26.2 Å². The van der Waals surface area contributed by atoms with Gasteiger partial charge in [-0.3, -0.25) is 13.9 Å². The van der Waals surface area contributed by atoms with Gasteiger partial charge in [0, 0.05) is 17.6 Å². The molecule has 202 valence electrons. The van der Waals surface area contributed by atoms with Crippen LogP contribution in [-0.4, -0.2) is 50.0 Å². The Labute approximate surface area is 226 Å². The molecule has 7 nitrogen and oxygen atoms in total. The molecule has 2 amide bonds. The highest BCUT2D eigenvalue weighted by atomic mass is 35.5. The van der Waals surface area contributed by atoms with E-state index in [9.17, 15) is 18.0 Å². The van der Waals surface area contributed by atoms with E-state index in [0.29, 0.717) is 10.7 Å². The summed E-state index contributed by atoms with van der Waals surface area (Å²) in [6.45, 7) is 5.36. The van der Waals surface area contributed by atoms with Crippen molar-refractivity contribution in [2.75, 3.05) is 17.1 Å². The third-order valence-electron chi connectivity index (χ3n) is 6.87. The third kappa shape index (κ3) is 7.95. The summed E-state index contributed by atoms with van der Waals surface area (Å²) in [4.78, 5) is 28.5. The summed E-state index contributed by atoms with van der Waals surface area (Å²) in [5, 5.41) is 3.62. The van der Waals surface area contributed by atoms with E-state index in [4.69, 9.17) is 11.6 Å². The molecule has 2 aromatic rings. The van der Waals surface area contributed by atoms with Crippen molar-refractivity contribution in [3.05, 3.63) is 64.7 Å². The van der Waals surface area contributed by atoms with E-state index in [1.807, 2.05) is 32.0 Å². The number of anilines is 1. The fourth-order valence-electron chi connectivity index (χ4n) is 4.78. The maximum Gasteiger partial charge on any atom is 0.244 e. The highest BCUT2D eigenvalue weighted by Gasteiger charge is 2.32. The normalized spacial score (nSPS) is 15.3. The number of hydrogen-bond acceptors (Lipinski definition) is 4. The van der Waals surface area contributed by atoms with Crippen LogP contribution in [0, 0.1) is 0 Å². The highest BCUT2D eigenvalue weighted by molar-refractivity contribution is 7.92. The number of benzene rings is 2. The van der Waals surface area contributed by atoms with E-state index < -0.39 is 28.5 Å². The molecule has 0 radical (unpaired) electrons. The third-order valence-corrected chi connectivity index (χ3v) is 8.23. The van der Waals surface area contributed by atoms with Crippen LogP contribution in [0.1, 0.15) is 69.9 Å². The van der Waals surface area contributed by atoms with Gasteiger partial charge in [-0.2, -0.15) is 0 Å². The number of carbonyl (C=O) groups is 2. The molecular formula is C28H38ClN3O4S. The van der Waals surface area contributed by atoms with Crippen molar-refractivity contribution in [3.8, 4) is 0 Å². The van der Waals surface area contributed by atoms with Gasteiger partial charge in [0.15, 0.2) is 0 Å². The predicted molar refractivity (Wildman–Crippen MR) is 149 cm³/mol. The summed E-state index contributed by atoms with van der Waals surface area (Å²) < 4.78 is 26.9. The lowest BCUT2D eigenvalue weighted by molar-refractivity contribution is -0.139. The van der Waals surface area contributed by atoms with Crippen molar-refractivity contribution in [2.24, 2.45) is 0 Å². The molecule has 9 heteroatoms. The van der Waals surface area contributed by atoms with E-state index in [2.05, 4.69) is 5.32 Å². The van der Waals surface area contributed by atoms with Gasteiger partial charge in [-0.1, -0.05) is 75.0 Å². The van der Waals surface area contributed by atoms with Crippen molar-refractivity contribution < 1.29 is 18.0 Å². The summed E-state index contributed by atoms with van der Waals surface area (Å²) in [6.07, 6.45) is 6.26. The molecule has 0 spiro atoms. The summed E-state index contributed by atoms with van der Waals surface area (Å²) in [6, 6.07) is 13.6. The van der Waals surface area contributed by atoms with E-state index in [0.717, 1.165) is 47.4 Å². The van der Waals surface area contributed by atoms with Crippen LogP contribution < -0.4 is 9.62 Å². The molecule has 1 saturated carbocycles. The van der Waals surface area contributed by atoms with Gasteiger partial charge in [-0.05, 0) is 55.0 Å². The summed E-state index contributed by atoms with van der Waals surface area (Å²) >= 11 is 6.18. The first-order valence-corrected chi connectivity index (χ1v) is 15.1. The second kappa shape index (κ2) is 12.8. The maximum absolute atomic E-state index is 13.8. The van der Waals surface area contributed by atoms with Gasteiger partial charge in [0.2, 0.25) is 21.8 Å². The van der Waals surface area contributed by atoms with Gasteiger partial charge in [0.25, 0.3) is 0 Å². The van der Waals surface area contributed by atoms with Gasteiger partial charge < -0.3 is 10.2 Å². The molecule has 1 fully saturated rings. The minimum atomic E-state index is -3.79. The van der Waals surface area contributed by atoms with Gasteiger partial charge in [-0.15, -0.1) is 0 Å². The standard InChI is InChI=1S/C28H38ClN3O4S/c1-20(2)25-15-8-9-16-26(25)32(37(4,35)36)19-27(33)31(18-22-11-10-12-23(29)17-22)21(3)28(34)30-24-13-6-5-7-14-24/h8-12,15-17,20-21,24H,5-7,13-14,18-19H2,1-4H3,(H,30,34)/t21-/m0/s1. The van der Waals surface area contributed by atoms with Crippen molar-refractivity contribution in [1.29, 1.82) is 0 Å². The summed E-state index contributed by atoms with van der Waals surface area (Å²) in [7, 11) is -3.79. The van der Waals surface area contributed by atoms with Gasteiger partial charge in [0.05, 0.1) is 11.9 Å². The number of sulfonamides is 1. The predicted octanol–water partition coefficient (Wildman–Crippen LogP) is 5.10. The van der Waals surface area contributed by atoms with Gasteiger partial charge >= 0.3 is 0 Å². The zero-order chi connectivity index (χ0) is 27.2. The molecule has 0 bridgehead atoms. The average molecular weight is 548 g/mol. The number of hydrogen-bond donors (Lipinski definition) is 1. The number of halogens is 1. The second-order valence-corrected chi connectivity index (χ2v) is 12.5. The zero-order valence-corrected chi connectivity index (χ0v) is 23.7. The number of para-hydroxylation sites is 1. The minimum absolute atomic E-state index is 0.0540. The van der Waals surface area contributed by atoms with Gasteiger partial charge in [-0.25, -0.2) is 8.42 Å². The molecule has 0 heterocycles. The van der Waals surface area contributed by atoms with Crippen molar-refractivity contribution in [3.63, 3.8) is 0 Å². The molecule has 1 N–H and O–H groups in total. The molecule has 0 unspecified atom stereocenters. The number of nitrogens with one attached hydrogen (secondary N) is 1. The van der Waals surface area contributed by atoms with Gasteiger partial charge in [0.1, 0.15) is 12.6 Å². The van der Waals surface area contributed by atoms with E-state index in [1.165, 1.54) is 11.3 Å². The molecule has 1 atom stereocenters. The van der Waals surface area contributed by atoms with Crippen LogP contribution in [0.5, 0.6) is 0 Å². The summed E-state index contributed by atoms with van der Waals surface area (Å²) in [5.41, 5.74) is 2.05. The first-order chi connectivity index (χ1) is 17.5. The smallest absolute Gasteiger partial charge is 0.244 e. The number of rotatable bonds is 10. The molecule has 0 saturated heterocycles. The fraction of sp³-hybridized carbons (Fsp3) is 0.500. The first kappa shape index (κ1) is 29.0. The molecule has 1 aliphatic rings. The van der Waals surface area contributed by atoms with Crippen molar-refractivity contribution in [1.82, 2.24) is 10.2 Å². The van der Waals surface area contributed by atoms with Crippen LogP contribution in [0.15, 0.2) is 48.5 Å². The molecule has 1 aliphatic carbocycles. The van der Waals surface area contributed by atoms with Crippen LogP contribution in [0.4, 0.5) is 5.69 Å². The molecule has 37 heavy (non-hydrogen) atoms. The average Bonchev–Trinajstić information content (AvgIpc) is 2.85. The quantitative estimate of drug-likeness (QED) is 0.448. The van der Waals surface area contributed by atoms with Crippen molar-refractivity contribution in [2.45, 2.75) is 77.4 Å². The number of carbonyl (C=O) groups excluding carboxylic acids is 2. The molecular weight excluding hydrogens is 510 g/mol. The molecule has 0 aliphatic heterocycles. The van der Waals surface area contributed by atoms with Crippen LogP contribution >= 0.6 is 11.6 Å². The topological polar surface area (TPSA) is 86.8 Å². The van der Waals surface area contributed by atoms with Crippen molar-refractivity contribution >= 4 is 39.1 Å². The SMILES string of the molecule is CC(C)c1ccccc1N(CC(=O)N(Cc1cccc(Cl)c1)[C@@H](C)C(=O)NC1CCCCC1)S(C)(=O)=O. The zero-order valence-electron chi connectivity index (χ0n) is 22.1. The van der Waals surface area contributed by atoms with Crippen LogP contribution in [0.3, 0.4) is 0 Å². The number of nitrogens with zero attached hydrogens (tertiary/aromatic N) is 2. The largest absolute Gasteiger partial charge is 0.352 e. The Hall–Kier alpha value is -2.58. The Balaban J connectivity index is 1.92. The maximum atomic E-state index is 13.8. The van der Waals surface area contributed by atoms with Crippen LogP contribution in [0.25, 0.3) is 0 Å². The Morgan fingerprint density at radius 3 is 2.32 bits per heavy atom. The lowest BCUT2D eigenvalue weighted by Gasteiger charge is -2.33. The highest BCUT2D eigenvalue weighted by Crippen LogP contribution is 2.29.